The van der Waals surface area contributed by atoms with E-state index < -0.39 is 6.10 Å². The normalized spacial score (nSPS) is 12.1. The third-order valence-corrected chi connectivity index (χ3v) is 6.94. The van der Waals surface area contributed by atoms with Crippen LogP contribution in [0.4, 0.5) is 5.13 Å². The molecule has 2 aromatic carbocycles. The lowest BCUT2D eigenvalue weighted by Crippen LogP contribution is -2.15. The van der Waals surface area contributed by atoms with Crippen LogP contribution in [0.2, 0.25) is 10.0 Å². The highest BCUT2D eigenvalue weighted by Gasteiger charge is 2.20. The second kappa shape index (κ2) is 10.1. The van der Waals surface area contributed by atoms with E-state index in [-0.39, 0.29) is 11.7 Å². The number of thiazole rings is 1. The van der Waals surface area contributed by atoms with Gasteiger partial charge in [-0.05, 0) is 44.2 Å². The molecule has 0 saturated carbocycles. The third-order valence-electron chi connectivity index (χ3n) is 4.50. The van der Waals surface area contributed by atoms with Gasteiger partial charge in [0.2, 0.25) is 5.91 Å². The van der Waals surface area contributed by atoms with Gasteiger partial charge < -0.3 is 14.6 Å². The van der Waals surface area contributed by atoms with E-state index in [9.17, 15) is 4.79 Å². The highest BCUT2D eigenvalue weighted by molar-refractivity contribution is 7.99. The maximum atomic E-state index is 12.4. The molecule has 0 bridgehead atoms. The molecule has 4 rings (SSSR count). The predicted octanol–water partition coefficient (Wildman–Crippen LogP) is 6.09. The van der Waals surface area contributed by atoms with E-state index in [4.69, 9.17) is 27.9 Å². The largest absolute Gasteiger partial charge is 0.481 e. The Bertz CT molecular complexity index is 1230. The molecule has 0 radical (unpaired) electrons. The van der Waals surface area contributed by atoms with E-state index in [0.29, 0.717) is 38.5 Å². The van der Waals surface area contributed by atoms with Crippen LogP contribution in [0.15, 0.2) is 47.6 Å². The van der Waals surface area contributed by atoms with Crippen molar-refractivity contribution in [3.63, 3.8) is 0 Å². The van der Waals surface area contributed by atoms with E-state index in [1.165, 1.54) is 23.1 Å². The van der Waals surface area contributed by atoms with E-state index in [1.807, 2.05) is 42.7 Å². The topological polar surface area (TPSA) is 81.9 Å². The van der Waals surface area contributed by atoms with E-state index in [0.717, 1.165) is 10.2 Å². The number of amides is 1. The standard InChI is InChI=1S/C21H19Cl2N5O2S2/c1-3-28-19(12(2)30-16-9-8-13(22)10-14(16)23)26-27-21(28)31-11-18(29)25-20-24-15-6-4-5-7-17(15)32-20/h4-10,12H,3,11H2,1-2H3,(H,24,25,29). The lowest BCUT2D eigenvalue weighted by molar-refractivity contribution is -0.113. The smallest absolute Gasteiger partial charge is 0.236 e. The zero-order valence-electron chi connectivity index (χ0n) is 17.2. The Labute approximate surface area is 203 Å². The fraction of sp³-hybridized carbons (Fsp3) is 0.238. The van der Waals surface area contributed by atoms with Gasteiger partial charge in [0.25, 0.3) is 0 Å². The number of aromatic nitrogens is 4. The number of benzene rings is 2. The van der Waals surface area contributed by atoms with Crippen LogP contribution in [0.25, 0.3) is 10.2 Å². The fourth-order valence-electron chi connectivity index (χ4n) is 3.03. The molecular weight excluding hydrogens is 489 g/mol. The molecule has 0 aliphatic carbocycles. The first-order valence-corrected chi connectivity index (χ1v) is 12.3. The van der Waals surface area contributed by atoms with Gasteiger partial charge in [-0.1, -0.05) is 58.4 Å². The Morgan fingerprint density at radius 2 is 2.06 bits per heavy atom. The number of ether oxygens (including phenoxy) is 1. The molecule has 7 nitrogen and oxygen atoms in total. The Kier molecular flexibility index (Phi) is 7.20. The number of anilines is 1. The van der Waals surface area contributed by atoms with Crippen LogP contribution in [-0.2, 0) is 11.3 Å². The van der Waals surface area contributed by atoms with Crippen molar-refractivity contribution >= 4 is 67.6 Å². The van der Waals surface area contributed by atoms with Gasteiger partial charge in [0.05, 0.1) is 21.0 Å². The number of nitrogens with zero attached hydrogens (tertiary/aromatic N) is 4. The van der Waals surface area contributed by atoms with E-state index in [1.54, 1.807) is 18.2 Å². The highest BCUT2D eigenvalue weighted by Crippen LogP contribution is 2.32. The molecule has 1 atom stereocenters. The Hall–Kier alpha value is -2.33. The number of nitrogens with one attached hydrogen (secondary N) is 1. The Morgan fingerprint density at radius 1 is 1.25 bits per heavy atom. The molecule has 0 aliphatic rings. The van der Waals surface area contributed by atoms with Crippen LogP contribution in [0.3, 0.4) is 0 Å². The number of carbonyl (C=O) groups is 1. The zero-order chi connectivity index (χ0) is 22.7. The molecule has 1 amide bonds. The lowest BCUT2D eigenvalue weighted by atomic mass is 10.3. The maximum absolute atomic E-state index is 12.4. The molecule has 11 heteroatoms. The molecule has 0 saturated heterocycles. The lowest BCUT2D eigenvalue weighted by Gasteiger charge is -2.16. The predicted molar refractivity (Wildman–Crippen MR) is 130 cm³/mol. The van der Waals surface area contributed by atoms with Gasteiger partial charge in [-0.15, -0.1) is 10.2 Å². The summed E-state index contributed by atoms with van der Waals surface area (Å²) in [7, 11) is 0. The van der Waals surface area contributed by atoms with Gasteiger partial charge in [0, 0.05) is 11.6 Å². The molecule has 1 unspecified atom stereocenters. The molecule has 166 valence electrons. The first-order valence-electron chi connectivity index (χ1n) is 9.77. The average molecular weight is 508 g/mol. The molecule has 32 heavy (non-hydrogen) atoms. The second-order valence-electron chi connectivity index (χ2n) is 6.74. The number of halogens is 2. The minimum Gasteiger partial charge on any atom is -0.481 e. The third kappa shape index (κ3) is 5.17. The molecule has 2 aromatic heterocycles. The van der Waals surface area contributed by atoms with Crippen LogP contribution in [0.1, 0.15) is 25.8 Å². The minimum atomic E-state index is -0.396. The summed E-state index contributed by atoms with van der Waals surface area (Å²) in [6, 6.07) is 12.8. The van der Waals surface area contributed by atoms with E-state index in [2.05, 4.69) is 20.5 Å². The van der Waals surface area contributed by atoms with Crippen molar-refractivity contribution in [1.29, 1.82) is 0 Å². The molecule has 0 spiro atoms. The summed E-state index contributed by atoms with van der Waals surface area (Å²) < 4.78 is 8.92. The van der Waals surface area contributed by atoms with Crippen molar-refractivity contribution in [2.24, 2.45) is 0 Å². The zero-order valence-corrected chi connectivity index (χ0v) is 20.4. The van der Waals surface area contributed by atoms with Crippen LogP contribution in [-0.4, -0.2) is 31.4 Å². The molecule has 2 heterocycles. The van der Waals surface area contributed by atoms with Crippen LogP contribution in [0, 0.1) is 0 Å². The van der Waals surface area contributed by atoms with Gasteiger partial charge in [0.15, 0.2) is 22.2 Å². The van der Waals surface area contributed by atoms with Crippen LogP contribution < -0.4 is 10.1 Å². The van der Waals surface area contributed by atoms with Crippen molar-refractivity contribution in [2.75, 3.05) is 11.1 Å². The summed E-state index contributed by atoms with van der Waals surface area (Å²) in [5.74, 6) is 1.19. The van der Waals surface area contributed by atoms with Crippen molar-refractivity contribution in [3.05, 3.63) is 58.3 Å². The number of thioether (sulfide) groups is 1. The van der Waals surface area contributed by atoms with Gasteiger partial charge in [-0.2, -0.15) is 0 Å². The molecule has 4 aromatic rings. The Balaban J connectivity index is 1.40. The molecule has 1 N–H and O–H groups in total. The molecule has 0 aliphatic heterocycles. The fourth-order valence-corrected chi connectivity index (χ4v) is 5.17. The Morgan fingerprint density at radius 3 is 2.81 bits per heavy atom. The summed E-state index contributed by atoms with van der Waals surface area (Å²) >= 11 is 14.9. The van der Waals surface area contributed by atoms with Gasteiger partial charge in [0.1, 0.15) is 5.75 Å². The highest BCUT2D eigenvalue weighted by atomic mass is 35.5. The van der Waals surface area contributed by atoms with Crippen LogP contribution in [0.5, 0.6) is 5.75 Å². The summed E-state index contributed by atoms with van der Waals surface area (Å²) in [4.78, 5) is 16.9. The van der Waals surface area contributed by atoms with Crippen molar-refractivity contribution in [2.45, 2.75) is 31.7 Å². The van der Waals surface area contributed by atoms with Gasteiger partial charge >= 0.3 is 0 Å². The summed E-state index contributed by atoms with van der Waals surface area (Å²) in [6.45, 7) is 4.49. The monoisotopic (exact) mass is 507 g/mol. The van der Waals surface area contributed by atoms with Crippen LogP contribution >= 0.6 is 46.3 Å². The quantitative estimate of drug-likeness (QED) is 0.290. The van der Waals surface area contributed by atoms with Gasteiger partial charge in [-0.3, -0.25) is 4.79 Å². The number of hydrogen-bond donors (Lipinski definition) is 1. The number of carbonyl (C=O) groups excluding carboxylic acids is 1. The SMILES string of the molecule is CCn1c(SCC(=O)Nc2nc3ccccc3s2)nnc1C(C)Oc1ccc(Cl)cc1Cl. The molecular formula is C21H19Cl2N5O2S2. The number of fused-ring (bicyclic) bond motifs is 1. The van der Waals surface area contributed by atoms with E-state index >= 15 is 0 Å². The van der Waals surface area contributed by atoms with Crippen molar-refractivity contribution in [1.82, 2.24) is 19.7 Å². The first kappa shape index (κ1) is 22.8. The minimum absolute atomic E-state index is 0.154. The number of para-hydroxylation sites is 1. The molecule has 0 fully saturated rings. The van der Waals surface area contributed by atoms with Crippen molar-refractivity contribution in [3.8, 4) is 5.75 Å². The summed E-state index contributed by atoms with van der Waals surface area (Å²) in [5, 5.41) is 13.6. The first-order chi connectivity index (χ1) is 15.4. The maximum Gasteiger partial charge on any atom is 0.236 e. The summed E-state index contributed by atoms with van der Waals surface area (Å²) in [5.41, 5.74) is 0.866. The van der Waals surface area contributed by atoms with Gasteiger partial charge in [-0.25, -0.2) is 4.98 Å². The van der Waals surface area contributed by atoms with Crippen molar-refractivity contribution < 1.29 is 9.53 Å². The number of hydrogen-bond acceptors (Lipinski definition) is 7. The average Bonchev–Trinajstić information content (AvgIpc) is 3.37. The summed E-state index contributed by atoms with van der Waals surface area (Å²) in [6.07, 6.45) is -0.396. The number of rotatable bonds is 8. The second-order valence-corrected chi connectivity index (χ2v) is 9.56.